The Morgan fingerprint density at radius 1 is 1.27 bits per heavy atom. The molecule has 0 radical (unpaired) electrons. The highest BCUT2D eigenvalue weighted by molar-refractivity contribution is 5.74. The second kappa shape index (κ2) is 8.10. The highest BCUT2D eigenvalue weighted by Gasteiger charge is 2.00. The third-order valence-electron chi connectivity index (χ3n) is 2.00. The predicted octanol–water partition coefficient (Wildman–Crippen LogP) is 4.81. The maximum Gasteiger partial charge on any atom is 0.0413 e. The van der Waals surface area contributed by atoms with Gasteiger partial charge in [-0.15, -0.1) is 0 Å². The van der Waals surface area contributed by atoms with E-state index in [0.29, 0.717) is 0 Å². The Hall–Kier alpha value is -1.24. The number of anilines is 1. The monoisotopic (exact) mass is 207 g/mol. The molecule has 0 aliphatic rings. The van der Waals surface area contributed by atoms with Crippen LogP contribution in [0.4, 0.5) is 5.69 Å². The number of benzene rings is 1. The Kier molecular flexibility index (Phi) is 7.43. The maximum absolute atomic E-state index is 4.01. The van der Waals surface area contributed by atoms with Crippen molar-refractivity contribution in [2.24, 2.45) is 0 Å². The molecule has 0 aliphatic heterocycles. The summed E-state index contributed by atoms with van der Waals surface area (Å²) in [4.78, 5) is 0. The minimum absolute atomic E-state index is 0. The Labute approximate surface area is 95.7 Å². The fourth-order valence-electron chi connectivity index (χ4n) is 1.20. The first-order valence-electron chi connectivity index (χ1n) is 5.66. The molecule has 0 amide bonds. The van der Waals surface area contributed by atoms with Crippen LogP contribution in [0, 0.1) is 0 Å². The topological polar surface area (TPSA) is 12.0 Å². The largest absolute Gasteiger partial charge is 0.388 e. The maximum atomic E-state index is 4.01. The van der Waals surface area contributed by atoms with Crippen LogP contribution in [0.1, 0.15) is 40.6 Å². The van der Waals surface area contributed by atoms with E-state index in [9.17, 15) is 0 Å². The summed E-state index contributed by atoms with van der Waals surface area (Å²) >= 11 is 0. The summed E-state index contributed by atoms with van der Waals surface area (Å²) in [5.74, 6) is 0. The molecule has 1 rings (SSSR count). The molecule has 0 atom stereocenters. The van der Waals surface area contributed by atoms with Crippen molar-refractivity contribution in [3.05, 3.63) is 36.4 Å². The lowest BCUT2D eigenvalue weighted by Crippen LogP contribution is -1.93. The zero-order chi connectivity index (χ0) is 11.7. The van der Waals surface area contributed by atoms with Crippen molar-refractivity contribution < 1.29 is 1.43 Å². The number of para-hydroxylation sites is 1. The minimum Gasteiger partial charge on any atom is -0.388 e. The molecule has 1 nitrogen and oxygen atoms in total. The minimum atomic E-state index is 0. The first-order chi connectivity index (χ1) is 7.21. The molecule has 0 aliphatic carbocycles. The molecule has 0 fully saturated rings. The normalized spacial score (nSPS) is 8.80. The summed E-state index contributed by atoms with van der Waals surface area (Å²) in [6, 6.07) is 8.23. The molecule has 1 aromatic rings. The van der Waals surface area contributed by atoms with Crippen molar-refractivity contribution in [1.29, 1.82) is 0 Å². The van der Waals surface area contributed by atoms with Crippen molar-refractivity contribution in [1.82, 2.24) is 0 Å². The molecule has 0 unspecified atom stereocenters. The molecule has 0 bridgehead atoms. The molecular weight excluding hydrogens is 182 g/mol. The third kappa shape index (κ3) is 4.68. The van der Waals surface area contributed by atoms with Crippen LogP contribution >= 0.6 is 0 Å². The molecular formula is C14H25N. The van der Waals surface area contributed by atoms with Gasteiger partial charge in [0.2, 0.25) is 0 Å². The molecule has 86 valence electrons. The van der Waals surface area contributed by atoms with E-state index < -0.39 is 0 Å². The number of nitrogens with one attached hydrogen (secondary N) is 1. The van der Waals surface area contributed by atoms with Gasteiger partial charge in [-0.25, -0.2) is 0 Å². The van der Waals surface area contributed by atoms with Gasteiger partial charge < -0.3 is 5.32 Å². The van der Waals surface area contributed by atoms with Gasteiger partial charge in [-0.05, 0) is 18.1 Å². The highest BCUT2D eigenvalue weighted by atomic mass is 14.8. The summed E-state index contributed by atoms with van der Waals surface area (Å²) in [6.07, 6.45) is 2.25. The highest BCUT2D eigenvalue weighted by Crippen LogP contribution is 2.23. The van der Waals surface area contributed by atoms with E-state index in [1.807, 2.05) is 19.2 Å². The molecule has 1 N–H and O–H groups in total. The number of allylic oxidation sites excluding steroid dienone is 1. The molecule has 0 aromatic heterocycles. The van der Waals surface area contributed by atoms with Gasteiger partial charge in [0.25, 0.3) is 0 Å². The lowest BCUT2D eigenvalue weighted by Gasteiger charge is -2.09. The predicted molar refractivity (Wildman–Crippen MR) is 73.4 cm³/mol. The Morgan fingerprint density at radius 3 is 2.27 bits per heavy atom. The average Bonchev–Trinajstić information content (AvgIpc) is 2.29. The van der Waals surface area contributed by atoms with E-state index in [1.165, 1.54) is 17.6 Å². The second-order valence-electron chi connectivity index (χ2n) is 3.46. The van der Waals surface area contributed by atoms with Crippen LogP contribution in [0.3, 0.4) is 0 Å². The lowest BCUT2D eigenvalue weighted by molar-refractivity contribution is 1.09. The van der Waals surface area contributed by atoms with Gasteiger partial charge >= 0.3 is 0 Å². The van der Waals surface area contributed by atoms with Gasteiger partial charge in [-0.3, -0.25) is 0 Å². The number of rotatable bonds is 3. The van der Waals surface area contributed by atoms with Crippen LogP contribution in [0.5, 0.6) is 0 Å². The van der Waals surface area contributed by atoms with Gasteiger partial charge in [0.1, 0.15) is 0 Å². The Morgan fingerprint density at radius 2 is 1.80 bits per heavy atom. The van der Waals surface area contributed by atoms with Crippen molar-refractivity contribution in [3.8, 4) is 0 Å². The first-order valence-corrected chi connectivity index (χ1v) is 5.66. The van der Waals surface area contributed by atoms with Crippen LogP contribution in [-0.4, -0.2) is 7.05 Å². The second-order valence-corrected chi connectivity index (χ2v) is 3.46. The molecule has 1 heteroatoms. The Bertz CT molecular complexity index is 295. The van der Waals surface area contributed by atoms with E-state index in [2.05, 4.69) is 44.8 Å². The average molecular weight is 207 g/mol. The third-order valence-corrected chi connectivity index (χ3v) is 2.00. The van der Waals surface area contributed by atoms with Crippen LogP contribution in [-0.2, 0) is 0 Å². The van der Waals surface area contributed by atoms with Crippen molar-refractivity contribution in [3.63, 3.8) is 0 Å². The Balaban J connectivity index is 0. The molecule has 1 aromatic carbocycles. The molecule has 0 heterocycles. The smallest absolute Gasteiger partial charge is 0.0413 e. The van der Waals surface area contributed by atoms with Gasteiger partial charge in [0.05, 0.1) is 0 Å². The standard InChI is InChI=1S/C11H15N.C3H8.H2/c1-4-9(2)10-7-5-6-8-11(10)12-3;1-3-2;/h5-8,12H,2,4H2,1,3H3;3H2,1-2H3;1H. The molecule has 15 heavy (non-hydrogen) atoms. The molecule has 0 saturated carbocycles. The van der Waals surface area contributed by atoms with Crippen molar-refractivity contribution >= 4 is 11.3 Å². The molecule has 0 saturated heterocycles. The first kappa shape index (κ1) is 13.8. The van der Waals surface area contributed by atoms with Gasteiger partial charge in [0.15, 0.2) is 0 Å². The number of hydrogen-bond acceptors (Lipinski definition) is 1. The summed E-state index contributed by atoms with van der Waals surface area (Å²) in [6.45, 7) is 10.4. The SMILES string of the molecule is C=C(CC)c1ccccc1NC.CCC.[HH]. The summed E-state index contributed by atoms with van der Waals surface area (Å²) in [5.41, 5.74) is 3.56. The zero-order valence-corrected chi connectivity index (χ0v) is 10.4. The van der Waals surface area contributed by atoms with Gasteiger partial charge in [-0.2, -0.15) is 0 Å². The molecule has 0 spiro atoms. The van der Waals surface area contributed by atoms with E-state index in [-0.39, 0.29) is 1.43 Å². The quantitative estimate of drug-likeness (QED) is 0.749. The van der Waals surface area contributed by atoms with Crippen molar-refractivity contribution in [2.75, 3.05) is 12.4 Å². The zero-order valence-electron chi connectivity index (χ0n) is 10.4. The van der Waals surface area contributed by atoms with E-state index in [1.54, 1.807) is 0 Å². The fraction of sp³-hybridized carbons (Fsp3) is 0.429. The van der Waals surface area contributed by atoms with E-state index >= 15 is 0 Å². The van der Waals surface area contributed by atoms with Gasteiger partial charge in [-0.1, -0.05) is 52.0 Å². The van der Waals surface area contributed by atoms with Crippen LogP contribution in [0.15, 0.2) is 30.8 Å². The van der Waals surface area contributed by atoms with Crippen LogP contribution in [0.25, 0.3) is 5.57 Å². The summed E-state index contributed by atoms with van der Waals surface area (Å²) in [7, 11) is 1.93. The van der Waals surface area contributed by atoms with Crippen LogP contribution < -0.4 is 5.32 Å². The van der Waals surface area contributed by atoms with E-state index in [0.717, 1.165) is 12.1 Å². The fourth-order valence-corrected chi connectivity index (χ4v) is 1.20. The summed E-state index contributed by atoms with van der Waals surface area (Å²) in [5, 5.41) is 3.15. The van der Waals surface area contributed by atoms with Crippen LogP contribution in [0.2, 0.25) is 0 Å². The van der Waals surface area contributed by atoms with E-state index in [4.69, 9.17) is 0 Å². The summed E-state index contributed by atoms with van der Waals surface area (Å²) < 4.78 is 0. The van der Waals surface area contributed by atoms with Gasteiger partial charge in [0, 0.05) is 19.7 Å². The van der Waals surface area contributed by atoms with Crippen molar-refractivity contribution in [2.45, 2.75) is 33.6 Å². The number of hydrogen-bond donors (Lipinski definition) is 1. The lowest BCUT2D eigenvalue weighted by atomic mass is 10.0.